The molecule has 2 amide bonds. The molecule has 2 aromatic carbocycles. The van der Waals surface area contributed by atoms with Crippen molar-refractivity contribution < 1.29 is 23.5 Å². The minimum Gasteiger partial charge on any atom is -0.483 e. The number of para-hydroxylation sites is 1. The summed E-state index contributed by atoms with van der Waals surface area (Å²) in [5.74, 6) is -0.249. The van der Waals surface area contributed by atoms with Gasteiger partial charge in [0.2, 0.25) is 11.8 Å². The summed E-state index contributed by atoms with van der Waals surface area (Å²) in [6.45, 7) is 5.52. The summed E-state index contributed by atoms with van der Waals surface area (Å²) in [7, 11) is 1.59. The number of anilines is 2. The van der Waals surface area contributed by atoms with Crippen LogP contribution in [0.4, 0.5) is 15.8 Å². The van der Waals surface area contributed by atoms with Crippen LogP contribution in [-0.2, 0) is 20.9 Å². The van der Waals surface area contributed by atoms with Crippen molar-refractivity contribution in [2.24, 2.45) is 0 Å². The van der Waals surface area contributed by atoms with Gasteiger partial charge in [-0.1, -0.05) is 23.9 Å². The first-order valence-corrected chi connectivity index (χ1v) is 11.8. The van der Waals surface area contributed by atoms with Crippen LogP contribution in [0.5, 0.6) is 5.75 Å². The number of benzene rings is 2. The third-order valence-corrected chi connectivity index (χ3v) is 5.96. The molecule has 2 unspecified atom stereocenters. The summed E-state index contributed by atoms with van der Waals surface area (Å²) in [5, 5.41) is 14.0. The first kappa shape index (κ1) is 26.2. The van der Waals surface area contributed by atoms with Gasteiger partial charge in [0, 0.05) is 25.4 Å². The van der Waals surface area contributed by atoms with Crippen LogP contribution in [0.15, 0.2) is 53.7 Å². The normalized spacial score (nSPS) is 12.6. The maximum atomic E-state index is 13.9. The monoisotopic (exact) mass is 501 g/mol. The van der Waals surface area contributed by atoms with Crippen LogP contribution < -0.4 is 15.4 Å². The van der Waals surface area contributed by atoms with Crippen molar-refractivity contribution in [3.63, 3.8) is 0 Å². The molecule has 3 rings (SSSR count). The van der Waals surface area contributed by atoms with E-state index in [-0.39, 0.29) is 30.2 Å². The number of hydrogen-bond donors (Lipinski definition) is 2. The molecule has 2 N–H and O–H groups in total. The molecule has 0 bridgehead atoms. The first-order valence-electron chi connectivity index (χ1n) is 10.9. The topological polar surface area (TPSA) is 107 Å². The Balaban J connectivity index is 1.70. The van der Waals surface area contributed by atoms with Crippen molar-refractivity contribution in [1.82, 2.24) is 14.8 Å². The molecular weight excluding hydrogens is 473 g/mol. The highest BCUT2D eigenvalue weighted by Gasteiger charge is 2.23. The molecule has 2 atom stereocenters. The van der Waals surface area contributed by atoms with Crippen molar-refractivity contribution in [3.05, 3.63) is 60.2 Å². The molecule has 0 aliphatic carbocycles. The molecular formula is C24H28FN5O4S. The van der Waals surface area contributed by atoms with Gasteiger partial charge in [-0.3, -0.25) is 14.2 Å². The van der Waals surface area contributed by atoms with Crippen molar-refractivity contribution in [2.45, 2.75) is 43.8 Å². The molecule has 9 nitrogen and oxygen atoms in total. The number of hydrogen-bond acceptors (Lipinski definition) is 7. The van der Waals surface area contributed by atoms with Crippen LogP contribution >= 0.6 is 11.8 Å². The third-order valence-electron chi connectivity index (χ3n) is 4.90. The Labute approximate surface area is 207 Å². The van der Waals surface area contributed by atoms with Gasteiger partial charge < -0.3 is 20.1 Å². The number of halogens is 1. The lowest BCUT2D eigenvalue weighted by molar-refractivity contribution is -0.115. The maximum Gasteiger partial charge on any atom is 0.237 e. The van der Waals surface area contributed by atoms with E-state index in [2.05, 4.69) is 20.8 Å². The average molecular weight is 502 g/mol. The molecule has 0 fully saturated rings. The van der Waals surface area contributed by atoms with E-state index >= 15 is 0 Å². The molecule has 3 aromatic rings. The number of amides is 2. The minimum atomic E-state index is -0.497. The van der Waals surface area contributed by atoms with E-state index in [1.807, 2.05) is 11.5 Å². The smallest absolute Gasteiger partial charge is 0.237 e. The van der Waals surface area contributed by atoms with E-state index in [0.717, 1.165) is 0 Å². The molecule has 1 aromatic heterocycles. The Morgan fingerprint density at radius 1 is 1.06 bits per heavy atom. The van der Waals surface area contributed by atoms with E-state index < -0.39 is 11.1 Å². The highest BCUT2D eigenvalue weighted by atomic mass is 32.2. The quantitative estimate of drug-likeness (QED) is 0.378. The number of ether oxygens (including phenoxy) is 2. The SMILES string of the molecule is COCC(C)n1c(COc2ccccc2F)nnc1SC(C)C(=O)Nc1ccc(NC(C)=O)cc1. The van der Waals surface area contributed by atoms with E-state index in [0.29, 0.717) is 29.0 Å². The standard InChI is InChI=1S/C24H28FN5O4S/c1-15(13-33-4)30-22(14-34-21-8-6-5-7-20(21)25)28-29-24(30)35-16(2)23(32)27-19-11-9-18(10-12-19)26-17(3)31/h5-12,15-16H,13-14H2,1-4H3,(H,26,31)(H,27,32). The largest absolute Gasteiger partial charge is 0.483 e. The molecule has 11 heteroatoms. The lowest BCUT2D eigenvalue weighted by atomic mass is 10.2. The Bertz CT molecular complexity index is 1160. The van der Waals surface area contributed by atoms with Crippen LogP contribution in [0.25, 0.3) is 0 Å². The second kappa shape index (κ2) is 12.3. The summed E-state index contributed by atoms with van der Waals surface area (Å²) >= 11 is 1.24. The first-order chi connectivity index (χ1) is 16.8. The summed E-state index contributed by atoms with van der Waals surface area (Å²) in [6.07, 6.45) is 0. The fourth-order valence-electron chi connectivity index (χ4n) is 3.24. The van der Waals surface area contributed by atoms with Crippen molar-refractivity contribution in [3.8, 4) is 5.75 Å². The summed E-state index contributed by atoms with van der Waals surface area (Å²) in [4.78, 5) is 23.9. The van der Waals surface area contributed by atoms with E-state index in [9.17, 15) is 14.0 Å². The fraction of sp³-hybridized carbons (Fsp3) is 0.333. The summed E-state index contributed by atoms with van der Waals surface area (Å²) in [5.41, 5.74) is 1.24. The zero-order valence-electron chi connectivity index (χ0n) is 19.9. The number of methoxy groups -OCH3 is 1. The number of rotatable bonds is 11. The zero-order chi connectivity index (χ0) is 25.4. The van der Waals surface area contributed by atoms with E-state index in [1.54, 1.807) is 56.5 Å². The maximum absolute atomic E-state index is 13.9. The number of aromatic nitrogens is 3. The van der Waals surface area contributed by atoms with Crippen LogP contribution in [0.2, 0.25) is 0 Å². The van der Waals surface area contributed by atoms with Crippen LogP contribution in [0, 0.1) is 5.82 Å². The van der Waals surface area contributed by atoms with Crippen LogP contribution in [0.3, 0.4) is 0 Å². The molecule has 0 radical (unpaired) electrons. The minimum absolute atomic E-state index is 0.00374. The van der Waals surface area contributed by atoms with E-state index in [4.69, 9.17) is 9.47 Å². The van der Waals surface area contributed by atoms with Crippen LogP contribution in [0.1, 0.15) is 32.6 Å². The Kier molecular flexibility index (Phi) is 9.21. The summed E-state index contributed by atoms with van der Waals surface area (Å²) < 4.78 is 26.7. The number of carbonyl (C=O) groups excluding carboxylic acids is 2. The number of nitrogens with one attached hydrogen (secondary N) is 2. The second-order valence-corrected chi connectivity index (χ2v) is 9.11. The third kappa shape index (κ3) is 7.27. The molecule has 0 saturated carbocycles. The van der Waals surface area contributed by atoms with Gasteiger partial charge in [0.1, 0.15) is 6.61 Å². The fourth-order valence-corrected chi connectivity index (χ4v) is 4.21. The molecule has 35 heavy (non-hydrogen) atoms. The number of thioether (sulfide) groups is 1. The van der Waals surface area contributed by atoms with Crippen molar-refractivity contribution in [1.29, 1.82) is 0 Å². The summed E-state index contributed by atoms with van der Waals surface area (Å²) in [6, 6.07) is 12.8. The number of carbonyl (C=O) groups is 2. The highest BCUT2D eigenvalue weighted by Crippen LogP contribution is 2.28. The van der Waals surface area contributed by atoms with Crippen LogP contribution in [-0.4, -0.2) is 45.5 Å². The van der Waals surface area contributed by atoms with Gasteiger partial charge in [-0.05, 0) is 50.2 Å². The predicted molar refractivity (Wildman–Crippen MR) is 132 cm³/mol. The zero-order valence-corrected chi connectivity index (χ0v) is 20.8. The highest BCUT2D eigenvalue weighted by molar-refractivity contribution is 8.00. The van der Waals surface area contributed by atoms with E-state index in [1.165, 1.54) is 24.8 Å². The van der Waals surface area contributed by atoms with Crippen molar-refractivity contribution >= 4 is 35.0 Å². The molecule has 186 valence electrons. The molecule has 1 heterocycles. The molecule has 0 saturated heterocycles. The Morgan fingerprint density at radius 2 is 1.71 bits per heavy atom. The molecule has 0 aliphatic rings. The van der Waals surface area contributed by atoms with Crippen molar-refractivity contribution in [2.75, 3.05) is 24.4 Å². The average Bonchev–Trinajstić information content (AvgIpc) is 3.22. The van der Waals surface area contributed by atoms with Gasteiger partial charge in [-0.2, -0.15) is 0 Å². The lowest BCUT2D eigenvalue weighted by Crippen LogP contribution is -2.24. The van der Waals surface area contributed by atoms with Gasteiger partial charge in [-0.25, -0.2) is 4.39 Å². The van der Waals surface area contributed by atoms with Gasteiger partial charge in [-0.15, -0.1) is 10.2 Å². The molecule has 0 aliphatic heterocycles. The predicted octanol–water partition coefficient (Wildman–Crippen LogP) is 4.28. The molecule has 0 spiro atoms. The van der Waals surface area contributed by atoms with Gasteiger partial charge in [0.15, 0.2) is 22.5 Å². The second-order valence-electron chi connectivity index (χ2n) is 7.80. The van der Waals surface area contributed by atoms with Gasteiger partial charge >= 0.3 is 0 Å². The number of nitrogens with zero attached hydrogens (tertiary/aromatic N) is 3. The van der Waals surface area contributed by atoms with Gasteiger partial charge in [0.25, 0.3) is 0 Å². The Morgan fingerprint density at radius 3 is 2.34 bits per heavy atom. The Hall–Kier alpha value is -3.44. The lowest BCUT2D eigenvalue weighted by Gasteiger charge is -2.19. The van der Waals surface area contributed by atoms with Gasteiger partial charge in [0.05, 0.1) is 17.9 Å².